The average molecular weight is 525 g/mol. The topological polar surface area (TPSA) is 29.1 Å². The van der Waals surface area contributed by atoms with Crippen molar-refractivity contribution in [2.24, 2.45) is 23.2 Å². The van der Waals surface area contributed by atoms with Gasteiger partial charge in [0, 0.05) is 6.04 Å². The molecule has 0 aliphatic heterocycles. The molecule has 4 saturated carbocycles. The molecule has 0 unspecified atom stereocenters. The molecule has 4 fully saturated rings. The highest BCUT2D eigenvalue weighted by Crippen LogP contribution is 2.62. The second-order valence-electron chi connectivity index (χ2n) is 9.84. The van der Waals surface area contributed by atoms with Crippen LogP contribution in [0.2, 0.25) is 0 Å². The summed E-state index contributed by atoms with van der Waals surface area (Å²) in [5.41, 5.74) is -0.842. The molecular weight excluding hydrogens is 505 g/mol. The van der Waals surface area contributed by atoms with Crippen molar-refractivity contribution in [2.75, 3.05) is 0 Å². The highest BCUT2D eigenvalue weighted by molar-refractivity contribution is 5.85. The average Bonchev–Trinajstić information content (AvgIpc) is 2.65. The van der Waals surface area contributed by atoms with Gasteiger partial charge in [-0.25, -0.2) is 0 Å². The van der Waals surface area contributed by atoms with E-state index >= 15 is 0 Å². The fourth-order valence-electron chi connectivity index (χ4n) is 6.06. The molecule has 4 aliphatic carbocycles. The summed E-state index contributed by atoms with van der Waals surface area (Å²) in [4.78, 5) is 11.9. The fourth-order valence-corrected chi connectivity index (χ4v) is 6.06. The lowest BCUT2D eigenvalue weighted by atomic mass is 9.48. The Balaban J connectivity index is 1.85. The van der Waals surface area contributed by atoms with Gasteiger partial charge in [-0.1, -0.05) is 0 Å². The van der Waals surface area contributed by atoms with Crippen molar-refractivity contribution in [1.82, 2.24) is 5.32 Å². The van der Waals surface area contributed by atoms with E-state index in [2.05, 4.69) is 0 Å². The molecule has 4 aliphatic rings. The minimum Gasteiger partial charge on any atom is -0.348 e. The third kappa shape index (κ3) is 3.56. The van der Waals surface area contributed by atoms with Crippen LogP contribution < -0.4 is 5.32 Å². The summed E-state index contributed by atoms with van der Waals surface area (Å²) in [7, 11) is 0. The van der Waals surface area contributed by atoms with E-state index in [0.717, 1.165) is 26.2 Å². The van der Waals surface area contributed by atoms with E-state index in [-0.39, 0.29) is 17.8 Å². The Morgan fingerprint density at radius 3 is 1.38 bits per heavy atom. The van der Waals surface area contributed by atoms with Gasteiger partial charge in [0.05, 0.1) is 0 Å². The molecule has 1 amide bonds. The van der Waals surface area contributed by atoms with Crippen molar-refractivity contribution in [2.45, 2.75) is 87.3 Å². The first kappa shape index (κ1) is 27.2. The predicted octanol–water partition coefficient (Wildman–Crippen LogP) is 6.45. The number of alkyl halides is 13. The molecule has 4 rings (SSSR count). The van der Waals surface area contributed by atoms with Crippen LogP contribution in [0.5, 0.6) is 0 Å². The monoisotopic (exact) mass is 525 g/mol. The number of nitrogens with one attached hydrogen (secondary N) is 1. The zero-order valence-electron chi connectivity index (χ0n) is 17.4. The second-order valence-corrected chi connectivity index (χ2v) is 9.84. The molecule has 34 heavy (non-hydrogen) atoms. The Bertz CT molecular complexity index is 784. The Hall–Kier alpha value is -1.44. The van der Waals surface area contributed by atoms with Gasteiger partial charge in [-0.3, -0.25) is 4.79 Å². The van der Waals surface area contributed by atoms with Gasteiger partial charge < -0.3 is 5.32 Å². The summed E-state index contributed by atoms with van der Waals surface area (Å²) in [6.45, 7) is 1.14. The van der Waals surface area contributed by atoms with Gasteiger partial charge in [0.2, 0.25) is 0 Å². The van der Waals surface area contributed by atoms with Gasteiger partial charge in [0.1, 0.15) is 0 Å². The number of halogens is 13. The molecule has 2 nitrogen and oxygen atoms in total. The van der Waals surface area contributed by atoms with Crippen LogP contribution >= 0.6 is 0 Å². The molecule has 198 valence electrons. The highest BCUT2D eigenvalue weighted by Gasteiger charge is 2.91. The van der Waals surface area contributed by atoms with E-state index < -0.39 is 53.2 Å². The van der Waals surface area contributed by atoms with Crippen LogP contribution in [0.1, 0.15) is 45.4 Å². The molecule has 0 heterocycles. The minimum absolute atomic E-state index is 0.167. The number of carbonyl (C=O) groups excluding carboxylic acids is 1. The maximum atomic E-state index is 14.1. The quantitative estimate of drug-likeness (QED) is 0.381. The highest BCUT2D eigenvalue weighted by atomic mass is 19.4. The summed E-state index contributed by atoms with van der Waals surface area (Å²) in [5.74, 6) is -40.8. The molecule has 0 radical (unpaired) electrons. The van der Waals surface area contributed by atoms with Gasteiger partial charge >= 0.3 is 35.8 Å². The van der Waals surface area contributed by atoms with Crippen LogP contribution in [0, 0.1) is 23.2 Å². The smallest absolute Gasteiger partial charge is 0.348 e. The second kappa shape index (κ2) is 7.53. The zero-order valence-corrected chi connectivity index (χ0v) is 17.4. The van der Waals surface area contributed by atoms with Crippen molar-refractivity contribution >= 4 is 5.91 Å². The Kier molecular flexibility index (Phi) is 6.01. The molecule has 4 bridgehead atoms. The minimum atomic E-state index is -8.02. The van der Waals surface area contributed by atoms with Crippen molar-refractivity contribution in [3.05, 3.63) is 0 Å². The number of hydrogen-bond donors (Lipinski definition) is 1. The van der Waals surface area contributed by atoms with Crippen LogP contribution in [-0.2, 0) is 4.79 Å². The van der Waals surface area contributed by atoms with Gasteiger partial charge in [-0.05, 0) is 68.6 Å². The first-order valence-electron chi connectivity index (χ1n) is 10.3. The Morgan fingerprint density at radius 2 is 1.03 bits per heavy atom. The number of hydrogen-bond acceptors (Lipinski definition) is 1. The predicted molar refractivity (Wildman–Crippen MR) is 89.0 cm³/mol. The van der Waals surface area contributed by atoms with E-state index in [1.54, 1.807) is 0 Å². The largest absolute Gasteiger partial charge is 0.460 e. The molecule has 0 saturated heterocycles. The lowest BCUT2D eigenvalue weighted by Gasteiger charge is -2.59. The van der Waals surface area contributed by atoms with Crippen LogP contribution in [0.25, 0.3) is 0 Å². The van der Waals surface area contributed by atoms with Gasteiger partial charge in [-0.2, -0.15) is 57.1 Å². The number of carbonyl (C=O) groups is 1. The molecule has 0 spiro atoms. The summed E-state index contributed by atoms with van der Waals surface area (Å²) >= 11 is 0. The van der Waals surface area contributed by atoms with Crippen molar-refractivity contribution < 1.29 is 61.9 Å². The molecule has 1 N–H and O–H groups in total. The molecule has 0 aromatic rings. The first-order valence-corrected chi connectivity index (χ1v) is 10.3. The van der Waals surface area contributed by atoms with E-state index in [4.69, 9.17) is 0 Å². The summed E-state index contributed by atoms with van der Waals surface area (Å²) in [6, 6.07) is -1.30. The lowest BCUT2D eigenvalue weighted by Crippen LogP contribution is -2.72. The first-order chi connectivity index (χ1) is 15.0. The van der Waals surface area contributed by atoms with Gasteiger partial charge in [0.15, 0.2) is 0 Å². The third-order valence-corrected chi connectivity index (χ3v) is 7.57. The van der Waals surface area contributed by atoms with E-state index in [1.807, 2.05) is 0 Å². The molecule has 0 aromatic carbocycles. The van der Waals surface area contributed by atoms with Crippen LogP contribution in [0.15, 0.2) is 0 Å². The summed E-state index contributed by atoms with van der Waals surface area (Å²) in [6.07, 6.45) is -3.74. The number of amides is 1. The van der Waals surface area contributed by atoms with Crippen LogP contribution in [-0.4, -0.2) is 47.7 Å². The SMILES string of the molecule is C[C@@H](NC(=O)C(F)(F)C(F)(F)C(F)(F)C(F)(F)C(F)(F)C(F)(F)F)C12CC3CC(CC(C3)C1)C2. The van der Waals surface area contributed by atoms with E-state index in [0.29, 0.717) is 19.3 Å². The zero-order chi connectivity index (χ0) is 26.3. The van der Waals surface area contributed by atoms with Crippen molar-refractivity contribution in [3.8, 4) is 0 Å². The fraction of sp³-hybridized carbons (Fsp3) is 0.947. The van der Waals surface area contributed by atoms with E-state index in [9.17, 15) is 61.9 Å². The van der Waals surface area contributed by atoms with E-state index in [1.165, 1.54) is 5.32 Å². The molecule has 0 aromatic heterocycles. The standard InChI is InChI=1S/C19H20F13NO/c1-8(13-5-9-2-10(6-13)4-11(3-9)7-13)33-12(34)14(20,21)15(22,23)16(24,25)17(26,27)18(28,29)19(30,31)32/h8-11H,2-7H2,1H3,(H,33,34)/t8-,9?,10?,11?,13?/m1/s1. The summed E-state index contributed by atoms with van der Waals surface area (Å²) in [5, 5.41) is 1.42. The van der Waals surface area contributed by atoms with Crippen molar-refractivity contribution in [3.63, 3.8) is 0 Å². The van der Waals surface area contributed by atoms with Crippen molar-refractivity contribution in [1.29, 1.82) is 0 Å². The normalized spacial score (nSPS) is 31.5. The number of rotatable bonds is 7. The Morgan fingerprint density at radius 1 is 0.676 bits per heavy atom. The maximum Gasteiger partial charge on any atom is 0.460 e. The molecule has 1 atom stereocenters. The van der Waals surface area contributed by atoms with Crippen LogP contribution in [0.3, 0.4) is 0 Å². The van der Waals surface area contributed by atoms with Gasteiger partial charge in [-0.15, -0.1) is 0 Å². The lowest BCUT2D eigenvalue weighted by molar-refractivity contribution is -0.436. The summed E-state index contributed by atoms with van der Waals surface area (Å²) < 4.78 is 173. The maximum absolute atomic E-state index is 14.1. The van der Waals surface area contributed by atoms with Crippen LogP contribution in [0.4, 0.5) is 57.1 Å². The van der Waals surface area contributed by atoms with Gasteiger partial charge in [0.25, 0.3) is 5.91 Å². The molecular formula is C19H20F13NO. The Labute approximate surface area is 184 Å². The third-order valence-electron chi connectivity index (χ3n) is 7.57. The molecule has 15 heteroatoms.